The van der Waals surface area contributed by atoms with Crippen LogP contribution in [0.4, 0.5) is 0 Å². The van der Waals surface area contributed by atoms with Crippen molar-refractivity contribution in [3.05, 3.63) is 60.7 Å². The van der Waals surface area contributed by atoms with E-state index in [1.165, 1.54) is 23.5 Å². The lowest BCUT2D eigenvalue weighted by Gasteiger charge is -2.27. The normalized spacial score (nSPS) is 12.6. The van der Waals surface area contributed by atoms with E-state index in [9.17, 15) is 0 Å². The molecule has 0 bridgehead atoms. The molecule has 20 heavy (non-hydrogen) atoms. The number of ether oxygens (including phenoxy) is 1. The number of hydrogen-bond donors (Lipinski definition) is 0. The third-order valence-corrected chi connectivity index (χ3v) is 6.19. The Morgan fingerprint density at radius 3 is 1.80 bits per heavy atom. The third-order valence-electron chi connectivity index (χ3n) is 3.43. The van der Waals surface area contributed by atoms with Gasteiger partial charge in [0.2, 0.25) is 0 Å². The van der Waals surface area contributed by atoms with Crippen LogP contribution in [0.5, 0.6) is 0 Å². The molecule has 0 saturated carbocycles. The van der Waals surface area contributed by atoms with Gasteiger partial charge in [0.25, 0.3) is 0 Å². The van der Waals surface area contributed by atoms with Gasteiger partial charge in [-0.3, -0.25) is 0 Å². The van der Waals surface area contributed by atoms with Crippen LogP contribution in [0.1, 0.15) is 26.2 Å². The summed E-state index contributed by atoms with van der Waals surface area (Å²) in [4.78, 5) is 0. The first-order valence-corrected chi connectivity index (χ1v) is 8.70. The fourth-order valence-electron chi connectivity index (χ4n) is 2.39. The molecule has 0 radical (unpaired) electrons. The maximum atomic E-state index is 5.85. The van der Waals surface area contributed by atoms with Crippen molar-refractivity contribution < 1.29 is 4.74 Å². The molecular formula is C18H23OP. The number of benzene rings is 2. The molecule has 1 unspecified atom stereocenters. The van der Waals surface area contributed by atoms with Crippen LogP contribution in [-0.2, 0) is 4.74 Å². The summed E-state index contributed by atoms with van der Waals surface area (Å²) in [5.74, 6) is 0.301. The standard InChI is InChI=1S/C18H23OP/c1-3-4-15-18(19-2)20(16-11-7-5-8-12-16)17-13-9-6-10-14-17/h5-14,18H,3-4,15H2,1-2H3. The van der Waals surface area contributed by atoms with E-state index in [1.807, 2.05) is 7.11 Å². The smallest absolute Gasteiger partial charge is 0.0844 e. The van der Waals surface area contributed by atoms with E-state index in [-0.39, 0.29) is 0 Å². The summed E-state index contributed by atoms with van der Waals surface area (Å²) in [6.45, 7) is 2.24. The molecule has 0 aliphatic heterocycles. The first-order chi connectivity index (χ1) is 9.86. The molecule has 0 aliphatic carbocycles. The SMILES string of the molecule is CCCCC(OC)P(c1ccccc1)c1ccccc1. The summed E-state index contributed by atoms with van der Waals surface area (Å²) in [5, 5.41) is 2.80. The van der Waals surface area contributed by atoms with Crippen LogP contribution in [0.3, 0.4) is 0 Å². The molecule has 2 aromatic rings. The predicted molar refractivity (Wildman–Crippen MR) is 89.4 cm³/mol. The molecular weight excluding hydrogens is 263 g/mol. The Balaban J connectivity index is 2.33. The molecule has 0 amide bonds. The van der Waals surface area contributed by atoms with Crippen molar-refractivity contribution in [3.8, 4) is 0 Å². The van der Waals surface area contributed by atoms with Crippen LogP contribution in [-0.4, -0.2) is 13.0 Å². The Morgan fingerprint density at radius 1 is 0.900 bits per heavy atom. The maximum Gasteiger partial charge on any atom is 0.0844 e. The molecule has 0 spiro atoms. The van der Waals surface area contributed by atoms with Gasteiger partial charge in [-0.15, -0.1) is 0 Å². The fourth-order valence-corrected chi connectivity index (χ4v) is 4.99. The average Bonchev–Trinajstić information content (AvgIpc) is 2.53. The van der Waals surface area contributed by atoms with Gasteiger partial charge in [-0.05, 0) is 25.0 Å². The van der Waals surface area contributed by atoms with Crippen LogP contribution in [0.2, 0.25) is 0 Å². The second-order valence-corrected chi connectivity index (χ2v) is 7.22. The summed E-state index contributed by atoms with van der Waals surface area (Å²) < 4.78 is 5.85. The highest BCUT2D eigenvalue weighted by Crippen LogP contribution is 2.42. The predicted octanol–water partition coefficient (Wildman–Crippen LogP) is 4.28. The molecule has 0 aliphatic rings. The summed E-state index contributed by atoms with van der Waals surface area (Å²) in [5.41, 5.74) is 0. The van der Waals surface area contributed by atoms with E-state index >= 15 is 0 Å². The van der Waals surface area contributed by atoms with Gasteiger partial charge in [0.1, 0.15) is 0 Å². The van der Waals surface area contributed by atoms with Gasteiger partial charge in [-0.25, -0.2) is 0 Å². The minimum absolute atomic E-state index is 0.301. The van der Waals surface area contributed by atoms with Crippen LogP contribution >= 0.6 is 7.92 Å². The molecule has 2 rings (SSSR count). The Bertz CT molecular complexity index is 444. The lowest BCUT2D eigenvalue weighted by molar-refractivity contribution is 0.160. The lowest BCUT2D eigenvalue weighted by Crippen LogP contribution is -2.23. The van der Waals surface area contributed by atoms with Crippen molar-refractivity contribution in [2.75, 3.05) is 7.11 Å². The zero-order chi connectivity index (χ0) is 14.2. The van der Waals surface area contributed by atoms with Gasteiger partial charge >= 0.3 is 0 Å². The van der Waals surface area contributed by atoms with Gasteiger partial charge in [-0.1, -0.05) is 80.4 Å². The molecule has 1 atom stereocenters. The van der Waals surface area contributed by atoms with E-state index in [4.69, 9.17) is 4.74 Å². The summed E-state index contributed by atoms with van der Waals surface area (Å²) in [7, 11) is 1.40. The molecule has 0 heterocycles. The van der Waals surface area contributed by atoms with Gasteiger partial charge in [0.15, 0.2) is 0 Å². The van der Waals surface area contributed by atoms with Crippen LogP contribution in [0, 0.1) is 0 Å². The van der Waals surface area contributed by atoms with Gasteiger partial charge in [0, 0.05) is 7.11 Å². The summed E-state index contributed by atoms with van der Waals surface area (Å²) >= 11 is 0. The Labute approximate surface area is 123 Å². The van der Waals surface area contributed by atoms with Crippen molar-refractivity contribution in [3.63, 3.8) is 0 Å². The molecule has 2 aromatic carbocycles. The minimum atomic E-state index is -0.448. The van der Waals surface area contributed by atoms with Gasteiger partial charge < -0.3 is 4.74 Å². The number of unbranched alkanes of at least 4 members (excludes halogenated alkanes) is 1. The van der Waals surface area contributed by atoms with E-state index in [1.54, 1.807) is 0 Å². The minimum Gasteiger partial charge on any atom is -0.376 e. The van der Waals surface area contributed by atoms with Crippen molar-refractivity contribution in [1.82, 2.24) is 0 Å². The first kappa shape index (κ1) is 15.2. The second-order valence-electron chi connectivity index (χ2n) is 4.87. The maximum absolute atomic E-state index is 5.85. The first-order valence-electron chi connectivity index (χ1n) is 7.29. The van der Waals surface area contributed by atoms with Crippen molar-refractivity contribution in [2.45, 2.75) is 32.0 Å². The summed E-state index contributed by atoms with van der Waals surface area (Å²) in [6.07, 6.45) is 3.56. The fraction of sp³-hybridized carbons (Fsp3) is 0.333. The molecule has 1 nitrogen and oxygen atoms in total. The van der Waals surface area contributed by atoms with Gasteiger partial charge in [-0.2, -0.15) is 0 Å². The van der Waals surface area contributed by atoms with Crippen molar-refractivity contribution in [2.24, 2.45) is 0 Å². The highest BCUT2D eigenvalue weighted by molar-refractivity contribution is 7.73. The quantitative estimate of drug-likeness (QED) is 0.690. The highest BCUT2D eigenvalue weighted by atomic mass is 31.1. The Morgan fingerprint density at radius 2 is 1.40 bits per heavy atom. The lowest BCUT2D eigenvalue weighted by atomic mass is 10.3. The van der Waals surface area contributed by atoms with Crippen molar-refractivity contribution in [1.29, 1.82) is 0 Å². The molecule has 0 aromatic heterocycles. The number of rotatable bonds is 7. The molecule has 106 valence electrons. The van der Waals surface area contributed by atoms with Gasteiger partial charge in [0.05, 0.1) is 5.85 Å². The number of methoxy groups -OCH3 is 1. The molecule has 0 N–H and O–H groups in total. The van der Waals surface area contributed by atoms with Crippen LogP contribution in [0.15, 0.2) is 60.7 Å². The van der Waals surface area contributed by atoms with Crippen molar-refractivity contribution >= 4 is 18.5 Å². The number of hydrogen-bond acceptors (Lipinski definition) is 1. The molecule has 2 heteroatoms. The molecule has 0 saturated heterocycles. The largest absolute Gasteiger partial charge is 0.376 e. The van der Waals surface area contributed by atoms with E-state index in [0.717, 1.165) is 6.42 Å². The van der Waals surface area contributed by atoms with E-state index in [2.05, 4.69) is 67.6 Å². The third kappa shape index (κ3) is 3.91. The Hall–Kier alpha value is -1.17. The van der Waals surface area contributed by atoms with E-state index in [0.29, 0.717) is 5.85 Å². The summed E-state index contributed by atoms with van der Waals surface area (Å²) in [6, 6.07) is 21.6. The average molecular weight is 286 g/mol. The van der Waals surface area contributed by atoms with Crippen LogP contribution in [0.25, 0.3) is 0 Å². The monoisotopic (exact) mass is 286 g/mol. The molecule has 0 fully saturated rings. The van der Waals surface area contributed by atoms with Crippen LogP contribution < -0.4 is 10.6 Å². The van der Waals surface area contributed by atoms with E-state index < -0.39 is 7.92 Å². The Kier molecular flexibility index (Phi) is 6.24. The topological polar surface area (TPSA) is 9.23 Å². The zero-order valence-electron chi connectivity index (χ0n) is 12.3. The highest BCUT2D eigenvalue weighted by Gasteiger charge is 2.23. The zero-order valence-corrected chi connectivity index (χ0v) is 13.2. The second kappa shape index (κ2) is 8.19.